The number of methoxy groups -OCH3 is 1. The lowest BCUT2D eigenvalue weighted by Crippen LogP contribution is -2.40. The number of aromatic nitrogens is 4. The molecular formula is C18H22N6O5S. The average molecular weight is 434 g/mol. The number of imidazole rings is 1. The summed E-state index contributed by atoms with van der Waals surface area (Å²) in [5.74, 6) is 0.959. The fourth-order valence-electron chi connectivity index (χ4n) is 3.10. The van der Waals surface area contributed by atoms with Gasteiger partial charge in [0.25, 0.3) is 0 Å². The molecule has 0 radical (unpaired) electrons. The molecule has 3 aromatic rings. The number of hydrogen-bond acceptors (Lipinski definition) is 9. The number of rotatable bonds is 7. The third kappa shape index (κ3) is 3.88. The Labute approximate surface area is 173 Å². The van der Waals surface area contributed by atoms with Gasteiger partial charge in [-0.2, -0.15) is 14.3 Å². The van der Waals surface area contributed by atoms with E-state index >= 15 is 0 Å². The highest BCUT2D eigenvalue weighted by Gasteiger charge is 2.27. The summed E-state index contributed by atoms with van der Waals surface area (Å²) in [5, 5.41) is 3.05. The molecule has 1 aliphatic heterocycles. The first-order valence-corrected chi connectivity index (χ1v) is 10.8. The van der Waals surface area contributed by atoms with Gasteiger partial charge in [0, 0.05) is 19.2 Å². The van der Waals surface area contributed by atoms with Crippen molar-refractivity contribution in [2.24, 2.45) is 0 Å². The number of sulfonamides is 1. The normalized spacial score (nSPS) is 15.3. The van der Waals surface area contributed by atoms with E-state index in [0.29, 0.717) is 61.4 Å². The minimum atomic E-state index is -3.64. The lowest BCUT2D eigenvalue weighted by atomic mass is 10.3. The van der Waals surface area contributed by atoms with Gasteiger partial charge in [-0.05, 0) is 19.1 Å². The molecule has 11 nitrogen and oxygen atoms in total. The van der Waals surface area contributed by atoms with E-state index in [4.69, 9.17) is 14.2 Å². The van der Waals surface area contributed by atoms with E-state index in [1.807, 2.05) is 6.92 Å². The van der Waals surface area contributed by atoms with Crippen LogP contribution in [0, 0.1) is 0 Å². The molecule has 1 fully saturated rings. The van der Waals surface area contributed by atoms with Crippen molar-refractivity contribution in [3.8, 4) is 11.6 Å². The molecule has 2 N–H and O–H groups in total. The first-order valence-electron chi connectivity index (χ1n) is 9.40. The molecule has 2 aromatic heterocycles. The third-order valence-electron chi connectivity index (χ3n) is 4.56. The molecule has 1 saturated heterocycles. The topological polar surface area (TPSA) is 132 Å². The predicted octanol–water partition coefficient (Wildman–Crippen LogP) is 1.52. The van der Waals surface area contributed by atoms with Gasteiger partial charge in [0.2, 0.25) is 21.9 Å². The molecule has 30 heavy (non-hydrogen) atoms. The Morgan fingerprint density at radius 1 is 1.27 bits per heavy atom. The van der Waals surface area contributed by atoms with Gasteiger partial charge < -0.3 is 24.5 Å². The average Bonchev–Trinajstić information content (AvgIpc) is 3.24. The molecule has 3 heterocycles. The Hall–Kier alpha value is -2.96. The summed E-state index contributed by atoms with van der Waals surface area (Å²) in [6, 6.07) is 4.61. The van der Waals surface area contributed by atoms with Crippen LogP contribution >= 0.6 is 0 Å². The van der Waals surface area contributed by atoms with Crippen molar-refractivity contribution in [1.82, 2.24) is 24.2 Å². The van der Waals surface area contributed by atoms with Gasteiger partial charge in [0.15, 0.2) is 5.65 Å². The fraction of sp³-hybridized carbons (Fsp3) is 0.389. The van der Waals surface area contributed by atoms with Crippen molar-refractivity contribution >= 4 is 32.8 Å². The first-order chi connectivity index (χ1) is 14.5. The molecule has 0 aliphatic carbocycles. The maximum atomic E-state index is 12.9. The number of nitrogens with one attached hydrogen (secondary N) is 2. The number of ether oxygens (including phenoxy) is 3. The van der Waals surface area contributed by atoms with Crippen molar-refractivity contribution in [1.29, 1.82) is 0 Å². The number of fused-ring (bicyclic) bond motifs is 1. The highest BCUT2D eigenvalue weighted by Crippen LogP contribution is 2.32. The van der Waals surface area contributed by atoms with Gasteiger partial charge in [0.05, 0.1) is 43.8 Å². The summed E-state index contributed by atoms with van der Waals surface area (Å²) in [4.78, 5) is 16.0. The van der Waals surface area contributed by atoms with Crippen LogP contribution in [-0.2, 0) is 14.8 Å². The molecule has 1 aliphatic rings. The SMILES string of the molecule is CCOc1nc(Nc2ccc(S(=O)(=O)N3CCOCC3)cc2OC)nc2nc[nH]c12. The highest BCUT2D eigenvalue weighted by atomic mass is 32.2. The maximum absolute atomic E-state index is 12.9. The minimum Gasteiger partial charge on any atom is -0.495 e. The van der Waals surface area contributed by atoms with Crippen molar-refractivity contribution in [3.63, 3.8) is 0 Å². The van der Waals surface area contributed by atoms with E-state index in [-0.39, 0.29) is 10.8 Å². The van der Waals surface area contributed by atoms with Crippen molar-refractivity contribution in [2.75, 3.05) is 45.3 Å². The van der Waals surface area contributed by atoms with Crippen LogP contribution in [0.15, 0.2) is 29.4 Å². The summed E-state index contributed by atoms with van der Waals surface area (Å²) in [6.07, 6.45) is 1.51. The second-order valence-electron chi connectivity index (χ2n) is 6.39. The van der Waals surface area contributed by atoms with Gasteiger partial charge in [-0.3, -0.25) is 0 Å². The molecule has 0 spiro atoms. The zero-order valence-corrected chi connectivity index (χ0v) is 17.4. The van der Waals surface area contributed by atoms with Crippen LogP contribution in [0.2, 0.25) is 0 Å². The Morgan fingerprint density at radius 3 is 2.80 bits per heavy atom. The van der Waals surface area contributed by atoms with Gasteiger partial charge in [0.1, 0.15) is 11.3 Å². The summed E-state index contributed by atoms with van der Waals surface area (Å²) in [6.45, 7) is 3.69. The quantitative estimate of drug-likeness (QED) is 0.568. The summed E-state index contributed by atoms with van der Waals surface area (Å²) in [5.41, 5.74) is 1.55. The molecule has 0 saturated carbocycles. The number of benzene rings is 1. The second kappa shape index (κ2) is 8.42. The van der Waals surface area contributed by atoms with Gasteiger partial charge in [-0.1, -0.05) is 0 Å². The summed E-state index contributed by atoms with van der Waals surface area (Å²) in [7, 11) is -2.17. The molecule has 12 heteroatoms. The number of morpholine rings is 1. The number of hydrogen-bond donors (Lipinski definition) is 2. The third-order valence-corrected chi connectivity index (χ3v) is 6.46. The second-order valence-corrected chi connectivity index (χ2v) is 8.33. The Kier molecular flexibility index (Phi) is 5.70. The summed E-state index contributed by atoms with van der Waals surface area (Å²) >= 11 is 0. The molecular weight excluding hydrogens is 412 g/mol. The largest absolute Gasteiger partial charge is 0.495 e. The van der Waals surface area contributed by atoms with Gasteiger partial charge in [-0.25, -0.2) is 13.4 Å². The standard InChI is InChI=1S/C18H22N6O5S/c1-3-29-17-15-16(20-11-19-15)22-18(23-17)21-13-5-4-12(10-14(13)27-2)30(25,26)24-6-8-28-9-7-24/h4-5,10-11H,3,6-9H2,1-2H3,(H2,19,20,21,22,23). The van der Waals surface area contributed by atoms with Gasteiger partial charge in [-0.15, -0.1) is 0 Å². The molecule has 160 valence electrons. The molecule has 4 rings (SSSR count). The van der Waals surface area contributed by atoms with E-state index in [1.165, 1.54) is 29.9 Å². The predicted molar refractivity (Wildman–Crippen MR) is 109 cm³/mol. The van der Waals surface area contributed by atoms with Crippen molar-refractivity contribution in [2.45, 2.75) is 11.8 Å². The first kappa shape index (κ1) is 20.3. The Morgan fingerprint density at radius 2 is 2.07 bits per heavy atom. The Balaban J connectivity index is 1.65. The van der Waals surface area contributed by atoms with Crippen molar-refractivity contribution in [3.05, 3.63) is 24.5 Å². The monoisotopic (exact) mass is 434 g/mol. The zero-order chi connectivity index (χ0) is 21.1. The van der Waals surface area contributed by atoms with E-state index in [9.17, 15) is 8.42 Å². The van der Waals surface area contributed by atoms with Crippen LogP contribution in [0.1, 0.15) is 6.92 Å². The molecule has 0 unspecified atom stereocenters. The fourth-order valence-corrected chi connectivity index (χ4v) is 4.52. The molecule has 1 aromatic carbocycles. The summed E-state index contributed by atoms with van der Waals surface area (Å²) < 4.78 is 43.4. The Bertz CT molecular complexity index is 1140. The number of aromatic amines is 1. The molecule has 0 bridgehead atoms. The lowest BCUT2D eigenvalue weighted by Gasteiger charge is -2.26. The van der Waals surface area contributed by atoms with E-state index < -0.39 is 10.0 Å². The van der Waals surface area contributed by atoms with Gasteiger partial charge >= 0.3 is 0 Å². The number of nitrogens with zero attached hydrogens (tertiary/aromatic N) is 4. The van der Waals surface area contributed by atoms with E-state index in [1.54, 1.807) is 6.07 Å². The van der Waals surface area contributed by atoms with Crippen molar-refractivity contribution < 1.29 is 22.6 Å². The lowest BCUT2D eigenvalue weighted by molar-refractivity contribution is 0.0730. The molecule has 0 atom stereocenters. The minimum absolute atomic E-state index is 0.144. The van der Waals surface area contributed by atoms with E-state index in [2.05, 4.69) is 25.3 Å². The van der Waals surface area contributed by atoms with Crippen LogP contribution in [0.5, 0.6) is 11.6 Å². The van der Waals surface area contributed by atoms with E-state index in [0.717, 1.165) is 0 Å². The zero-order valence-electron chi connectivity index (χ0n) is 16.6. The van der Waals surface area contributed by atoms with Crippen LogP contribution in [0.25, 0.3) is 11.2 Å². The van der Waals surface area contributed by atoms with Crippen LogP contribution in [-0.4, -0.2) is 72.7 Å². The molecule has 0 amide bonds. The smallest absolute Gasteiger partial charge is 0.245 e. The van der Waals surface area contributed by atoms with Crippen LogP contribution in [0.4, 0.5) is 11.6 Å². The maximum Gasteiger partial charge on any atom is 0.245 e. The number of anilines is 2. The van der Waals surface area contributed by atoms with Crippen LogP contribution in [0.3, 0.4) is 0 Å². The highest BCUT2D eigenvalue weighted by molar-refractivity contribution is 7.89. The number of H-pyrrole nitrogens is 1. The van der Waals surface area contributed by atoms with Crippen LogP contribution < -0.4 is 14.8 Å².